The fourth-order valence-electron chi connectivity index (χ4n) is 2.69. The maximum absolute atomic E-state index is 12.0. The van der Waals surface area contributed by atoms with Gasteiger partial charge in [-0.1, -0.05) is 58.4 Å². The van der Waals surface area contributed by atoms with Crippen LogP contribution in [-0.2, 0) is 9.59 Å². The van der Waals surface area contributed by atoms with Crippen molar-refractivity contribution in [3.63, 3.8) is 0 Å². The van der Waals surface area contributed by atoms with Gasteiger partial charge in [0.2, 0.25) is 0 Å². The molecule has 2 N–H and O–H groups in total. The minimum Gasteiger partial charge on any atom is -0.483 e. The molecule has 0 atom stereocenters. The van der Waals surface area contributed by atoms with E-state index >= 15 is 0 Å². The third kappa shape index (κ3) is 5.20. The van der Waals surface area contributed by atoms with Crippen LogP contribution in [0.25, 0.3) is 16.8 Å². The van der Waals surface area contributed by atoms with E-state index in [0.717, 1.165) is 26.4 Å². The average Bonchev–Trinajstić information content (AvgIpc) is 2.70. The molecule has 0 unspecified atom stereocenters. The van der Waals surface area contributed by atoms with Gasteiger partial charge in [-0.05, 0) is 53.1 Å². The summed E-state index contributed by atoms with van der Waals surface area (Å²) in [6.45, 7) is 1.69. The van der Waals surface area contributed by atoms with E-state index in [-0.39, 0.29) is 6.61 Å². The number of aryl methyl sites for hydroxylation is 1. The predicted octanol–water partition coefficient (Wildman–Crippen LogP) is 4.15. The van der Waals surface area contributed by atoms with Crippen LogP contribution in [0.3, 0.4) is 0 Å². The quantitative estimate of drug-likeness (QED) is 0.464. The fourth-order valence-corrected chi connectivity index (χ4v) is 3.16. The molecule has 0 fully saturated rings. The number of fused-ring (bicyclic) bond motifs is 1. The summed E-state index contributed by atoms with van der Waals surface area (Å²) in [7, 11) is 0. The molecular weight excluding hydrogens is 420 g/mol. The van der Waals surface area contributed by atoms with Crippen molar-refractivity contribution in [3.8, 4) is 5.75 Å². The monoisotopic (exact) mass is 438 g/mol. The minimum atomic E-state index is -0.450. The Morgan fingerprint density at radius 1 is 1.04 bits per heavy atom. The number of hydrogen-bond acceptors (Lipinski definition) is 3. The summed E-state index contributed by atoms with van der Waals surface area (Å²) in [5, 5.41) is 2.15. The van der Waals surface area contributed by atoms with E-state index in [0.29, 0.717) is 5.75 Å². The van der Waals surface area contributed by atoms with E-state index in [4.69, 9.17) is 4.74 Å². The fraction of sp³-hybridized carbons (Fsp3) is 0.0909. The van der Waals surface area contributed by atoms with Crippen molar-refractivity contribution < 1.29 is 14.3 Å². The third-order valence-corrected chi connectivity index (χ3v) is 4.55. The van der Waals surface area contributed by atoms with E-state index < -0.39 is 11.8 Å². The molecule has 0 bridgehead atoms. The first-order valence-corrected chi connectivity index (χ1v) is 9.46. The van der Waals surface area contributed by atoms with Crippen LogP contribution < -0.4 is 15.6 Å². The van der Waals surface area contributed by atoms with Crippen LogP contribution in [0.4, 0.5) is 0 Å². The normalized spacial score (nSPS) is 10.8. The van der Waals surface area contributed by atoms with Gasteiger partial charge >= 0.3 is 0 Å². The van der Waals surface area contributed by atoms with Crippen LogP contribution >= 0.6 is 15.9 Å². The number of amides is 2. The number of rotatable bonds is 5. The number of hydrogen-bond donors (Lipinski definition) is 2. The highest BCUT2D eigenvalue weighted by Crippen LogP contribution is 2.22. The molecule has 3 aromatic carbocycles. The van der Waals surface area contributed by atoms with E-state index in [1.54, 1.807) is 12.1 Å². The van der Waals surface area contributed by atoms with Gasteiger partial charge in [-0.25, -0.2) is 0 Å². The Balaban J connectivity index is 1.51. The Labute approximate surface area is 171 Å². The van der Waals surface area contributed by atoms with E-state index in [1.807, 2.05) is 61.5 Å². The molecule has 0 aliphatic carbocycles. The maximum Gasteiger partial charge on any atom is 0.276 e. The van der Waals surface area contributed by atoms with Crippen molar-refractivity contribution in [2.24, 2.45) is 0 Å². The Morgan fingerprint density at radius 3 is 2.64 bits per heavy atom. The molecule has 0 spiro atoms. The van der Waals surface area contributed by atoms with Crippen LogP contribution in [0.5, 0.6) is 5.75 Å². The maximum atomic E-state index is 12.0. The summed E-state index contributed by atoms with van der Waals surface area (Å²) in [5.41, 5.74) is 6.51. The Morgan fingerprint density at radius 2 is 1.82 bits per heavy atom. The molecule has 28 heavy (non-hydrogen) atoms. The van der Waals surface area contributed by atoms with Crippen molar-refractivity contribution >= 4 is 44.6 Å². The van der Waals surface area contributed by atoms with Gasteiger partial charge in [-0.2, -0.15) is 0 Å². The first-order chi connectivity index (χ1) is 13.5. The van der Waals surface area contributed by atoms with Gasteiger partial charge in [-0.3, -0.25) is 20.4 Å². The Hall–Kier alpha value is -3.12. The lowest BCUT2D eigenvalue weighted by Gasteiger charge is -2.10. The summed E-state index contributed by atoms with van der Waals surface area (Å²) in [4.78, 5) is 23.8. The Kier molecular flexibility index (Phi) is 6.45. The summed E-state index contributed by atoms with van der Waals surface area (Å²) < 4.78 is 6.40. The molecule has 142 valence electrons. The number of hydrazine groups is 1. The van der Waals surface area contributed by atoms with Crippen molar-refractivity contribution in [2.75, 3.05) is 6.61 Å². The standard InChI is InChI=1S/C22H19BrN2O3/c1-15-13-18(23)10-11-20(15)28-14-22(27)25-24-21(26)12-9-17-7-4-6-16-5-2-3-8-19(16)17/h2-13H,14H2,1H3,(H,24,26)(H,25,27). The highest BCUT2D eigenvalue weighted by Gasteiger charge is 2.06. The second-order valence-electron chi connectivity index (χ2n) is 6.14. The molecule has 0 aliphatic rings. The van der Waals surface area contributed by atoms with Crippen LogP contribution in [0.1, 0.15) is 11.1 Å². The molecule has 0 saturated heterocycles. The molecule has 0 aliphatic heterocycles. The minimum absolute atomic E-state index is 0.199. The van der Waals surface area contributed by atoms with Gasteiger partial charge in [0, 0.05) is 10.5 Å². The molecule has 6 heteroatoms. The number of nitrogens with one attached hydrogen (secondary N) is 2. The summed E-state index contributed by atoms with van der Waals surface area (Å²) >= 11 is 3.37. The number of carbonyl (C=O) groups is 2. The van der Waals surface area contributed by atoms with E-state index in [2.05, 4.69) is 26.8 Å². The van der Waals surface area contributed by atoms with Crippen LogP contribution in [0.2, 0.25) is 0 Å². The second-order valence-corrected chi connectivity index (χ2v) is 7.05. The third-order valence-electron chi connectivity index (χ3n) is 4.06. The predicted molar refractivity (Wildman–Crippen MR) is 114 cm³/mol. The highest BCUT2D eigenvalue weighted by atomic mass is 79.9. The molecule has 2 amide bonds. The first kappa shape index (κ1) is 19.6. The SMILES string of the molecule is Cc1cc(Br)ccc1OCC(=O)NNC(=O)C=Cc1cccc2ccccc12. The van der Waals surface area contributed by atoms with Crippen molar-refractivity contribution in [2.45, 2.75) is 6.92 Å². The average molecular weight is 439 g/mol. The zero-order valence-corrected chi connectivity index (χ0v) is 16.8. The van der Waals surface area contributed by atoms with Gasteiger partial charge < -0.3 is 4.74 Å². The molecule has 0 saturated carbocycles. The smallest absolute Gasteiger partial charge is 0.276 e. The summed E-state index contributed by atoms with van der Waals surface area (Å²) in [6, 6.07) is 19.3. The van der Waals surface area contributed by atoms with Crippen molar-refractivity contribution in [3.05, 3.63) is 82.3 Å². The molecule has 3 rings (SSSR count). The molecule has 0 radical (unpaired) electrons. The zero-order chi connectivity index (χ0) is 19.9. The number of halogens is 1. The largest absolute Gasteiger partial charge is 0.483 e. The van der Waals surface area contributed by atoms with Crippen LogP contribution in [0, 0.1) is 6.92 Å². The van der Waals surface area contributed by atoms with E-state index in [1.165, 1.54) is 6.08 Å². The molecule has 0 aromatic heterocycles. The van der Waals surface area contributed by atoms with Crippen molar-refractivity contribution in [1.82, 2.24) is 10.9 Å². The molecule has 0 heterocycles. The highest BCUT2D eigenvalue weighted by molar-refractivity contribution is 9.10. The summed E-state index contributed by atoms with van der Waals surface area (Å²) in [6.07, 6.45) is 3.09. The lowest BCUT2D eigenvalue weighted by molar-refractivity contribution is -0.128. The van der Waals surface area contributed by atoms with Gasteiger partial charge in [0.1, 0.15) is 5.75 Å². The lowest BCUT2D eigenvalue weighted by atomic mass is 10.0. The second kappa shape index (κ2) is 9.19. The molecule has 5 nitrogen and oxygen atoms in total. The molecular formula is C22H19BrN2O3. The Bertz CT molecular complexity index is 1040. The zero-order valence-electron chi connectivity index (χ0n) is 15.2. The van der Waals surface area contributed by atoms with Gasteiger partial charge in [-0.15, -0.1) is 0 Å². The molecule has 3 aromatic rings. The van der Waals surface area contributed by atoms with E-state index in [9.17, 15) is 9.59 Å². The van der Waals surface area contributed by atoms with Gasteiger partial charge in [0.25, 0.3) is 11.8 Å². The van der Waals surface area contributed by atoms with Gasteiger partial charge in [0.05, 0.1) is 0 Å². The summed E-state index contributed by atoms with van der Waals surface area (Å²) in [5.74, 6) is -0.268. The number of ether oxygens (including phenoxy) is 1. The number of benzene rings is 3. The number of carbonyl (C=O) groups excluding carboxylic acids is 2. The van der Waals surface area contributed by atoms with Gasteiger partial charge in [0.15, 0.2) is 6.61 Å². The van der Waals surface area contributed by atoms with Crippen LogP contribution in [0.15, 0.2) is 71.2 Å². The van der Waals surface area contributed by atoms with Crippen molar-refractivity contribution in [1.29, 1.82) is 0 Å². The van der Waals surface area contributed by atoms with Crippen LogP contribution in [-0.4, -0.2) is 18.4 Å². The first-order valence-electron chi connectivity index (χ1n) is 8.66. The topological polar surface area (TPSA) is 67.4 Å². The lowest BCUT2D eigenvalue weighted by Crippen LogP contribution is -2.43.